The molecule has 1 aromatic rings. The van der Waals surface area contributed by atoms with E-state index in [4.69, 9.17) is 4.74 Å². The summed E-state index contributed by atoms with van der Waals surface area (Å²) in [6, 6.07) is 1.74. The van der Waals surface area contributed by atoms with Crippen LogP contribution in [0.25, 0.3) is 0 Å². The van der Waals surface area contributed by atoms with Crippen LogP contribution in [0.15, 0.2) is 17.2 Å². The number of rotatable bonds is 6. The lowest BCUT2D eigenvalue weighted by Gasteiger charge is -2.29. The van der Waals surface area contributed by atoms with Crippen molar-refractivity contribution in [3.63, 3.8) is 0 Å². The third kappa shape index (κ3) is 4.33. The number of hydrogen-bond donors (Lipinski definition) is 2. The van der Waals surface area contributed by atoms with E-state index < -0.39 is 23.8 Å². The summed E-state index contributed by atoms with van der Waals surface area (Å²) in [6.45, 7) is 5.87. The Kier molecular flexibility index (Phi) is 6.58. The topological polar surface area (TPSA) is 92.7 Å². The van der Waals surface area contributed by atoms with Crippen LogP contribution in [0.4, 0.5) is 5.00 Å². The Labute approximate surface area is 157 Å². The standard InChI is InChI=1S/C19H25NO5S/c1-5-6-12-9-15(19(24)25-4)17(26-12)20-16(21)13-7-10(2)11(3)8-14(13)18(22)23/h9,13-14H,5-8H2,1-4H3,(H,20,21)(H,22,23)/t13-,14+/m1/s1. The van der Waals surface area contributed by atoms with Crippen molar-refractivity contribution in [1.82, 2.24) is 0 Å². The predicted molar refractivity (Wildman–Crippen MR) is 101 cm³/mol. The second-order valence-corrected chi connectivity index (χ2v) is 7.84. The first-order chi connectivity index (χ1) is 12.3. The van der Waals surface area contributed by atoms with Gasteiger partial charge < -0.3 is 15.2 Å². The SMILES string of the molecule is CCCc1cc(C(=O)OC)c(NC(=O)[C@@H]2CC(C)=C(C)C[C@@H]2C(=O)O)s1. The van der Waals surface area contributed by atoms with E-state index in [1.165, 1.54) is 18.4 Å². The predicted octanol–water partition coefficient (Wildman–Crippen LogP) is 3.87. The second kappa shape index (κ2) is 8.49. The maximum atomic E-state index is 12.8. The smallest absolute Gasteiger partial charge is 0.340 e. The van der Waals surface area contributed by atoms with E-state index in [1.807, 2.05) is 20.8 Å². The van der Waals surface area contributed by atoms with Crippen LogP contribution in [-0.4, -0.2) is 30.1 Å². The van der Waals surface area contributed by atoms with Gasteiger partial charge in [0.1, 0.15) is 5.00 Å². The molecular formula is C19H25NO5S. The number of hydrogen-bond acceptors (Lipinski definition) is 5. The van der Waals surface area contributed by atoms with Gasteiger partial charge in [-0.3, -0.25) is 9.59 Å². The van der Waals surface area contributed by atoms with Crippen LogP contribution < -0.4 is 5.32 Å². The van der Waals surface area contributed by atoms with Crippen molar-refractivity contribution in [3.8, 4) is 0 Å². The normalized spacial score (nSPS) is 20.0. The van der Waals surface area contributed by atoms with E-state index in [1.54, 1.807) is 6.07 Å². The van der Waals surface area contributed by atoms with Gasteiger partial charge in [-0.1, -0.05) is 24.5 Å². The van der Waals surface area contributed by atoms with Gasteiger partial charge in [0, 0.05) is 4.88 Å². The highest BCUT2D eigenvalue weighted by Crippen LogP contribution is 2.36. The van der Waals surface area contributed by atoms with Crippen LogP contribution in [0.3, 0.4) is 0 Å². The molecule has 0 saturated carbocycles. The van der Waals surface area contributed by atoms with Crippen molar-refractivity contribution in [2.45, 2.75) is 46.5 Å². The highest BCUT2D eigenvalue weighted by atomic mass is 32.1. The van der Waals surface area contributed by atoms with Crippen LogP contribution >= 0.6 is 11.3 Å². The number of nitrogens with one attached hydrogen (secondary N) is 1. The minimum atomic E-state index is -0.969. The number of esters is 1. The minimum Gasteiger partial charge on any atom is -0.481 e. The third-order valence-electron chi connectivity index (χ3n) is 4.84. The van der Waals surface area contributed by atoms with Crippen LogP contribution in [0.1, 0.15) is 55.3 Å². The van der Waals surface area contributed by atoms with Gasteiger partial charge in [-0.25, -0.2) is 4.79 Å². The fourth-order valence-corrected chi connectivity index (χ4v) is 4.35. The quantitative estimate of drug-likeness (QED) is 0.578. The largest absolute Gasteiger partial charge is 0.481 e. The lowest BCUT2D eigenvalue weighted by atomic mass is 9.76. The molecule has 0 unspecified atom stereocenters. The number of carbonyl (C=O) groups is 3. The fourth-order valence-electron chi connectivity index (χ4n) is 3.20. The summed E-state index contributed by atoms with van der Waals surface area (Å²) in [5.74, 6) is -3.25. The summed E-state index contributed by atoms with van der Waals surface area (Å²) in [4.78, 5) is 37.4. The van der Waals surface area contributed by atoms with Crippen molar-refractivity contribution in [2.24, 2.45) is 11.8 Å². The molecule has 0 spiro atoms. The van der Waals surface area contributed by atoms with Gasteiger partial charge >= 0.3 is 11.9 Å². The maximum Gasteiger partial charge on any atom is 0.340 e. The lowest BCUT2D eigenvalue weighted by Crippen LogP contribution is -2.36. The van der Waals surface area contributed by atoms with Gasteiger partial charge in [0.2, 0.25) is 5.91 Å². The van der Waals surface area contributed by atoms with Crippen molar-refractivity contribution in [1.29, 1.82) is 0 Å². The number of carboxylic acid groups (broad SMARTS) is 1. The van der Waals surface area contributed by atoms with E-state index in [0.717, 1.165) is 28.9 Å². The summed E-state index contributed by atoms with van der Waals surface area (Å²) in [6.07, 6.45) is 2.50. The minimum absolute atomic E-state index is 0.320. The zero-order valence-corrected chi connectivity index (χ0v) is 16.4. The molecule has 7 heteroatoms. The van der Waals surface area contributed by atoms with Crippen molar-refractivity contribution >= 4 is 34.2 Å². The molecule has 2 rings (SSSR count). The molecule has 0 saturated heterocycles. The molecule has 1 amide bonds. The van der Waals surface area contributed by atoms with Gasteiger partial charge in [-0.05, 0) is 39.2 Å². The van der Waals surface area contributed by atoms with Gasteiger partial charge in [-0.2, -0.15) is 0 Å². The summed E-state index contributed by atoms with van der Waals surface area (Å²) in [5, 5.41) is 12.7. The lowest BCUT2D eigenvalue weighted by molar-refractivity contribution is -0.146. The van der Waals surface area contributed by atoms with Gasteiger partial charge in [0.05, 0.1) is 24.5 Å². The molecule has 2 N–H and O–H groups in total. The monoisotopic (exact) mass is 379 g/mol. The number of ether oxygens (including phenoxy) is 1. The van der Waals surface area contributed by atoms with E-state index in [9.17, 15) is 19.5 Å². The number of thiophene rings is 1. The molecule has 1 aliphatic carbocycles. The van der Waals surface area contributed by atoms with E-state index in [-0.39, 0.29) is 5.91 Å². The van der Waals surface area contributed by atoms with E-state index in [0.29, 0.717) is 23.4 Å². The Balaban J connectivity index is 2.28. The number of carboxylic acids is 1. The summed E-state index contributed by atoms with van der Waals surface area (Å²) < 4.78 is 4.80. The molecular weight excluding hydrogens is 354 g/mol. The number of aryl methyl sites for hydroxylation is 1. The average Bonchev–Trinajstić information content (AvgIpc) is 2.98. The van der Waals surface area contributed by atoms with Crippen molar-refractivity contribution in [2.75, 3.05) is 12.4 Å². The average molecular weight is 379 g/mol. The molecule has 0 bridgehead atoms. The van der Waals surface area contributed by atoms with E-state index in [2.05, 4.69) is 5.32 Å². The summed E-state index contributed by atoms with van der Waals surface area (Å²) in [5.41, 5.74) is 2.40. The molecule has 1 aromatic heterocycles. The highest BCUT2D eigenvalue weighted by molar-refractivity contribution is 7.16. The molecule has 6 nitrogen and oxygen atoms in total. The van der Waals surface area contributed by atoms with Gasteiger partial charge in [-0.15, -0.1) is 11.3 Å². The molecule has 0 aromatic carbocycles. The number of aliphatic carboxylic acids is 1. The maximum absolute atomic E-state index is 12.8. The zero-order valence-electron chi connectivity index (χ0n) is 15.5. The Hall–Kier alpha value is -2.15. The number of allylic oxidation sites excluding steroid dienone is 2. The van der Waals surface area contributed by atoms with Crippen molar-refractivity contribution in [3.05, 3.63) is 27.7 Å². The first kappa shape index (κ1) is 20.2. The number of anilines is 1. The summed E-state index contributed by atoms with van der Waals surface area (Å²) in [7, 11) is 1.30. The Morgan fingerprint density at radius 3 is 2.38 bits per heavy atom. The van der Waals surface area contributed by atoms with Crippen LogP contribution in [0.2, 0.25) is 0 Å². The third-order valence-corrected chi connectivity index (χ3v) is 5.95. The second-order valence-electron chi connectivity index (χ2n) is 6.71. The first-order valence-corrected chi connectivity index (χ1v) is 9.50. The van der Waals surface area contributed by atoms with Gasteiger partial charge in [0.15, 0.2) is 0 Å². The highest BCUT2D eigenvalue weighted by Gasteiger charge is 2.37. The van der Waals surface area contributed by atoms with Crippen LogP contribution in [0, 0.1) is 11.8 Å². The number of amides is 1. The van der Waals surface area contributed by atoms with Crippen LogP contribution in [0.5, 0.6) is 0 Å². The van der Waals surface area contributed by atoms with Crippen molar-refractivity contribution < 1.29 is 24.2 Å². The first-order valence-electron chi connectivity index (χ1n) is 8.68. The van der Waals surface area contributed by atoms with E-state index >= 15 is 0 Å². The molecule has 0 aliphatic heterocycles. The number of methoxy groups -OCH3 is 1. The molecule has 142 valence electrons. The Bertz CT molecular complexity index is 749. The molecule has 0 fully saturated rings. The van der Waals surface area contributed by atoms with Gasteiger partial charge in [0.25, 0.3) is 0 Å². The molecule has 2 atom stereocenters. The fraction of sp³-hybridized carbons (Fsp3) is 0.526. The molecule has 26 heavy (non-hydrogen) atoms. The molecule has 1 heterocycles. The molecule has 1 aliphatic rings. The Morgan fingerprint density at radius 2 is 1.85 bits per heavy atom. The Morgan fingerprint density at radius 1 is 1.23 bits per heavy atom. The molecule has 0 radical (unpaired) electrons. The zero-order chi connectivity index (χ0) is 19.4. The number of carbonyl (C=O) groups excluding carboxylic acids is 2. The summed E-state index contributed by atoms with van der Waals surface area (Å²) >= 11 is 1.34. The van der Waals surface area contributed by atoms with Crippen LogP contribution in [-0.2, 0) is 20.7 Å².